The highest BCUT2D eigenvalue weighted by atomic mass is 16.5. The Bertz CT molecular complexity index is 880. The molecule has 3 heteroatoms. The fraction of sp³-hybridized carbons (Fsp3) is 0.280. The van der Waals surface area contributed by atoms with Gasteiger partial charge in [-0.2, -0.15) is 0 Å². The van der Waals surface area contributed by atoms with Crippen LogP contribution in [-0.2, 0) is 6.42 Å². The van der Waals surface area contributed by atoms with Gasteiger partial charge in [-0.15, -0.1) is 0 Å². The molecule has 3 nitrogen and oxygen atoms in total. The van der Waals surface area contributed by atoms with E-state index in [0.717, 1.165) is 37.3 Å². The second-order valence-corrected chi connectivity index (χ2v) is 7.23. The molecule has 0 fully saturated rings. The lowest BCUT2D eigenvalue weighted by Gasteiger charge is -2.27. The van der Waals surface area contributed by atoms with Crippen molar-refractivity contribution in [2.75, 3.05) is 13.6 Å². The van der Waals surface area contributed by atoms with Crippen molar-refractivity contribution in [2.24, 2.45) is 0 Å². The zero-order valence-electron chi connectivity index (χ0n) is 16.3. The molecule has 1 heterocycles. The van der Waals surface area contributed by atoms with Crippen LogP contribution in [0.15, 0.2) is 78.9 Å². The molecule has 0 radical (unpaired) electrons. The summed E-state index contributed by atoms with van der Waals surface area (Å²) < 4.78 is 12.7. The topological polar surface area (TPSA) is 30.5 Å². The van der Waals surface area contributed by atoms with Crippen molar-refractivity contribution in [3.63, 3.8) is 0 Å². The zero-order valence-corrected chi connectivity index (χ0v) is 16.3. The van der Waals surface area contributed by atoms with Crippen LogP contribution < -0.4 is 14.8 Å². The summed E-state index contributed by atoms with van der Waals surface area (Å²) in [5.74, 6) is 1.80. The maximum atomic E-state index is 6.39. The van der Waals surface area contributed by atoms with Gasteiger partial charge in [-0.3, -0.25) is 0 Å². The molecular weight excluding hydrogens is 346 g/mol. The quantitative estimate of drug-likeness (QED) is 0.595. The summed E-state index contributed by atoms with van der Waals surface area (Å²) in [5, 5.41) is 3.22. The first-order valence-corrected chi connectivity index (χ1v) is 10.0. The van der Waals surface area contributed by atoms with Crippen molar-refractivity contribution in [3.8, 4) is 11.5 Å². The van der Waals surface area contributed by atoms with Gasteiger partial charge in [-0.1, -0.05) is 66.7 Å². The predicted octanol–water partition coefficient (Wildman–Crippen LogP) is 5.48. The van der Waals surface area contributed by atoms with Gasteiger partial charge in [0.25, 0.3) is 0 Å². The lowest BCUT2D eigenvalue weighted by Crippen LogP contribution is -2.17. The predicted molar refractivity (Wildman–Crippen MR) is 113 cm³/mol. The first kappa shape index (κ1) is 18.6. The Morgan fingerprint density at radius 3 is 2.50 bits per heavy atom. The van der Waals surface area contributed by atoms with Gasteiger partial charge in [0.1, 0.15) is 23.7 Å². The minimum absolute atomic E-state index is 0.0141. The Morgan fingerprint density at radius 2 is 1.75 bits per heavy atom. The molecule has 0 bridgehead atoms. The molecule has 3 aromatic carbocycles. The SMILES string of the molecule is CNCCC(Oc1ccc2c(c1)OC(c1ccccc1)CC2)c1ccccc1. The van der Waals surface area contributed by atoms with Crippen LogP contribution in [0.2, 0.25) is 0 Å². The summed E-state index contributed by atoms with van der Waals surface area (Å²) in [6.07, 6.45) is 3.06. The van der Waals surface area contributed by atoms with E-state index >= 15 is 0 Å². The van der Waals surface area contributed by atoms with E-state index in [-0.39, 0.29) is 12.2 Å². The molecule has 0 saturated heterocycles. The van der Waals surface area contributed by atoms with Crippen LogP contribution in [0.5, 0.6) is 11.5 Å². The van der Waals surface area contributed by atoms with E-state index in [0.29, 0.717) is 0 Å². The Labute approximate surface area is 167 Å². The highest BCUT2D eigenvalue weighted by molar-refractivity contribution is 5.43. The van der Waals surface area contributed by atoms with Gasteiger partial charge in [0.15, 0.2) is 0 Å². The normalized spacial score (nSPS) is 16.7. The first-order chi connectivity index (χ1) is 13.8. The Hall–Kier alpha value is -2.78. The zero-order chi connectivity index (χ0) is 19.2. The average molecular weight is 373 g/mol. The summed E-state index contributed by atoms with van der Waals surface area (Å²) in [5.41, 5.74) is 3.68. The van der Waals surface area contributed by atoms with E-state index < -0.39 is 0 Å². The highest BCUT2D eigenvalue weighted by Gasteiger charge is 2.22. The minimum atomic E-state index is 0.0141. The van der Waals surface area contributed by atoms with Crippen LogP contribution in [0.25, 0.3) is 0 Å². The number of hydrogen-bond donors (Lipinski definition) is 1. The molecule has 0 spiro atoms. The van der Waals surface area contributed by atoms with E-state index in [2.05, 4.69) is 72.0 Å². The van der Waals surface area contributed by atoms with Crippen LogP contribution in [0.4, 0.5) is 0 Å². The molecule has 1 N–H and O–H groups in total. The van der Waals surface area contributed by atoms with E-state index in [1.165, 1.54) is 16.7 Å². The molecule has 3 aromatic rings. The molecular formula is C25H27NO2. The van der Waals surface area contributed by atoms with Crippen molar-refractivity contribution in [1.29, 1.82) is 0 Å². The summed E-state index contributed by atoms with van der Waals surface area (Å²) >= 11 is 0. The Balaban J connectivity index is 1.53. The smallest absolute Gasteiger partial charge is 0.127 e. The van der Waals surface area contributed by atoms with E-state index in [9.17, 15) is 0 Å². The summed E-state index contributed by atoms with van der Waals surface area (Å²) in [6, 6.07) is 27.1. The summed E-state index contributed by atoms with van der Waals surface area (Å²) in [4.78, 5) is 0. The van der Waals surface area contributed by atoms with Crippen LogP contribution in [0.3, 0.4) is 0 Å². The molecule has 2 atom stereocenters. The van der Waals surface area contributed by atoms with Gasteiger partial charge in [-0.25, -0.2) is 0 Å². The van der Waals surface area contributed by atoms with Crippen molar-refractivity contribution >= 4 is 0 Å². The molecule has 0 amide bonds. The van der Waals surface area contributed by atoms with Crippen molar-refractivity contribution in [3.05, 3.63) is 95.6 Å². The fourth-order valence-corrected chi connectivity index (χ4v) is 3.73. The third-order valence-corrected chi connectivity index (χ3v) is 5.26. The molecule has 1 aliphatic heterocycles. The second kappa shape index (κ2) is 8.94. The lowest BCUT2D eigenvalue weighted by molar-refractivity contribution is 0.170. The van der Waals surface area contributed by atoms with Crippen molar-refractivity contribution in [2.45, 2.75) is 31.5 Å². The second-order valence-electron chi connectivity index (χ2n) is 7.23. The van der Waals surface area contributed by atoms with E-state index in [4.69, 9.17) is 9.47 Å². The first-order valence-electron chi connectivity index (χ1n) is 10.0. The minimum Gasteiger partial charge on any atom is -0.486 e. The molecule has 2 unspecified atom stereocenters. The molecule has 0 aromatic heterocycles. The van der Waals surface area contributed by atoms with Crippen LogP contribution in [0.1, 0.15) is 41.7 Å². The standard InChI is InChI=1S/C25H27NO2/c1-26-17-16-24(20-10-6-3-7-11-20)27-22-14-12-21-13-15-23(28-25(21)18-22)19-8-4-2-5-9-19/h2-12,14,18,23-24,26H,13,15-17H2,1H3. The monoisotopic (exact) mass is 373 g/mol. The number of benzene rings is 3. The summed E-state index contributed by atoms with van der Waals surface area (Å²) in [7, 11) is 1.97. The Kier molecular flexibility index (Phi) is 5.93. The van der Waals surface area contributed by atoms with Gasteiger partial charge in [0.05, 0.1) is 0 Å². The summed E-state index contributed by atoms with van der Waals surface area (Å²) in [6.45, 7) is 0.900. The van der Waals surface area contributed by atoms with Gasteiger partial charge in [0.2, 0.25) is 0 Å². The van der Waals surface area contributed by atoms with Crippen LogP contribution >= 0.6 is 0 Å². The number of hydrogen-bond acceptors (Lipinski definition) is 3. The Morgan fingerprint density at radius 1 is 1.00 bits per heavy atom. The average Bonchev–Trinajstić information content (AvgIpc) is 2.77. The van der Waals surface area contributed by atoms with Gasteiger partial charge >= 0.3 is 0 Å². The maximum Gasteiger partial charge on any atom is 0.127 e. The number of aryl methyl sites for hydroxylation is 1. The third-order valence-electron chi connectivity index (χ3n) is 5.26. The lowest BCUT2D eigenvalue weighted by atomic mass is 9.97. The van der Waals surface area contributed by atoms with E-state index in [1.54, 1.807) is 0 Å². The number of nitrogens with one attached hydrogen (secondary N) is 1. The van der Waals surface area contributed by atoms with E-state index in [1.807, 2.05) is 19.2 Å². The van der Waals surface area contributed by atoms with Gasteiger partial charge in [-0.05, 0) is 49.2 Å². The number of fused-ring (bicyclic) bond motifs is 1. The number of rotatable bonds is 7. The van der Waals surface area contributed by atoms with Gasteiger partial charge in [0, 0.05) is 12.5 Å². The van der Waals surface area contributed by atoms with Crippen molar-refractivity contribution in [1.82, 2.24) is 5.32 Å². The molecule has 0 aliphatic carbocycles. The van der Waals surface area contributed by atoms with Crippen molar-refractivity contribution < 1.29 is 9.47 Å². The largest absolute Gasteiger partial charge is 0.486 e. The number of ether oxygens (including phenoxy) is 2. The fourth-order valence-electron chi connectivity index (χ4n) is 3.73. The maximum absolute atomic E-state index is 6.39. The molecule has 1 aliphatic rings. The van der Waals surface area contributed by atoms with Crippen LogP contribution in [0, 0.1) is 0 Å². The molecule has 144 valence electrons. The molecule has 28 heavy (non-hydrogen) atoms. The highest BCUT2D eigenvalue weighted by Crippen LogP contribution is 2.38. The van der Waals surface area contributed by atoms with Crippen LogP contribution in [-0.4, -0.2) is 13.6 Å². The van der Waals surface area contributed by atoms with Gasteiger partial charge < -0.3 is 14.8 Å². The molecule has 4 rings (SSSR count). The third kappa shape index (κ3) is 4.37. The molecule has 0 saturated carbocycles.